The van der Waals surface area contributed by atoms with Crippen molar-refractivity contribution >= 4 is 12.0 Å². The van der Waals surface area contributed by atoms with E-state index in [0.29, 0.717) is 11.8 Å². The molecule has 0 aliphatic heterocycles. The molecule has 0 heterocycles. The van der Waals surface area contributed by atoms with Gasteiger partial charge in [-0.1, -0.05) is 6.07 Å². The minimum Gasteiger partial charge on any atom is -0.453 e. The van der Waals surface area contributed by atoms with Crippen LogP contribution in [0.4, 0.5) is 10.1 Å². The minimum atomic E-state index is -0.708. The van der Waals surface area contributed by atoms with Gasteiger partial charge in [0.15, 0.2) is 17.9 Å². The zero-order chi connectivity index (χ0) is 14.7. The zero-order valence-electron chi connectivity index (χ0n) is 10.5. The van der Waals surface area contributed by atoms with E-state index in [-0.39, 0.29) is 22.7 Å². The van der Waals surface area contributed by atoms with E-state index >= 15 is 0 Å². The molecule has 0 aliphatic carbocycles. The molecule has 2 aromatic rings. The molecule has 2 aromatic carbocycles. The van der Waals surface area contributed by atoms with Gasteiger partial charge in [-0.3, -0.25) is 14.9 Å². The summed E-state index contributed by atoms with van der Waals surface area (Å²) in [7, 11) is 0. The molecule has 0 saturated carbocycles. The van der Waals surface area contributed by atoms with Crippen LogP contribution in [0, 0.1) is 22.9 Å². The summed E-state index contributed by atoms with van der Waals surface area (Å²) in [6.07, 6.45) is 0.463. The number of nitro groups is 1. The van der Waals surface area contributed by atoms with Gasteiger partial charge in [0.2, 0.25) is 0 Å². The normalized spacial score (nSPS) is 10.1. The summed E-state index contributed by atoms with van der Waals surface area (Å²) in [6, 6.07) is 7.94. The number of ether oxygens (including phenoxy) is 1. The maximum absolute atomic E-state index is 13.7. The Hall–Kier alpha value is -2.76. The van der Waals surface area contributed by atoms with Gasteiger partial charge in [-0.15, -0.1) is 0 Å². The van der Waals surface area contributed by atoms with Crippen molar-refractivity contribution < 1.29 is 18.8 Å². The van der Waals surface area contributed by atoms with E-state index in [1.54, 1.807) is 6.92 Å². The van der Waals surface area contributed by atoms with Gasteiger partial charge >= 0.3 is 0 Å². The van der Waals surface area contributed by atoms with Crippen molar-refractivity contribution in [2.75, 3.05) is 0 Å². The molecule has 0 saturated heterocycles. The first-order valence-corrected chi connectivity index (χ1v) is 5.69. The van der Waals surface area contributed by atoms with E-state index in [1.165, 1.54) is 30.3 Å². The largest absolute Gasteiger partial charge is 0.453 e. The van der Waals surface area contributed by atoms with Crippen molar-refractivity contribution in [1.29, 1.82) is 0 Å². The van der Waals surface area contributed by atoms with Gasteiger partial charge in [-0.2, -0.15) is 0 Å². The maximum Gasteiger partial charge on any atom is 0.273 e. The number of aldehydes is 1. The molecule has 0 bridgehead atoms. The average molecular weight is 275 g/mol. The van der Waals surface area contributed by atoms with Gasteiger partial charge in [0.25, 0.3) is 5.69 Å². The Balaban J connectivity index is 2.47. The van der Waals surface area contributed by atoms with E-state index in [0.717, 1.165) is 6.07 Å². The number of nitrogens with zero attached hydrogens (tertiary/aromatic N) is 1. The quantitative estimate of drug-likeness (QED) is 0.485. The highest BCUT2D eigenvalue weighted by molar-refractivity contribution is 5.79. The van der Waals surface area contributed by atoms with E-state index < -0.39 is 10.7 Å². The Labute approximate surface area is 113 Å². The van der Waals surface area contributed by atoms with Crippen LogP contribution in [-0.2, 0) is 0 Å². The van der Waals surface area contributed by atoms with Crippen LogP contribution in [-0.4, -0.2) is 11.2 Å². The van der Waals surface area contributed by atoms with Gasteiger partial charge in [0, 0.05) is 6.07 Å². The molecule has 0 amide bonds. The first-order valence-electron chi connectivity index (χ1n) is 5.69. The number of carbonyl (C=O) groups excluding carboxylic acids is 1. The summed E-state index contributed by atoms with van der Waals surface area (Å²) in [6.45, 7) is 1.67. The number of hydrogen-bond acceptors (Lipinski definition) is 4. The van der Waals surface area contributed by atoms with Crippen LogP contribution < -0.4 is 4.74 Å². The lowest BCUT2D eigenvalue weighted by Crippen LogP contribution is -1.97. The number of non-ortho nitro benzene ring substituents is 1. The summed E-state index contributed by atoms with van der Waals surface area (Å²) >= 11 is 0. The van der Waals surface area contributed by atoms with Gasteiger partial charge < -0.3 is 4.74 Å². The van der Waals surface area contributed by atoms with Crippen LogP contribution in [0.25, 0.3) is 0 Å². The fourth-order valence-electron chi connectivity index (χ4n) is 1.65. The first-order chi connectivity index (χ1) is 9.52. The van der Waals surface area contributed by atoms with Crippen molar-refractivity contribution in [3.8, 4) is 11.5 Å². The number of rotatable bonds is 4. The Bertz CT molecular complexity index is 685. The molecular formula is C14H10FNO4. The SMILES string of the molecule is Cc1ccc([N+](=O)[O-])cc1Oc1c(F)cccc1C=O. The molecule has 0 N–H and O–H groups in total. The predicted molar refractivity (Wildman–Crippen MR) is 69.7 cm³/mol. The third-order valence-electron chi connectivity index (χ3n) is 2.72. The highest BCUT2D eigenvalue weighted by Gasteiger charge is 2.14. The lowest BCUT2D eigenvalue weighted by Gasteiger charge is -2.11. The second-order valence-corrected chi connectivity index (χ2v) is 4.09. The molecule has 0 aromatic heterocycles. The highest BCUT2D eigenvalue weighted by Crippen LogP contribution is 2.32. The Morgan fingerprint density at radius 2 is 2.05 bits per heavy atom. The fourth-order valence-corrected chi connectivity index (χ4v) is 1.65. The molecule has 0 unspecified atom stereocenters. The molecule has 6 heteroatoms. The predicted octanol–water partition coefficient (Wildman–Crippen LogP) is 3.65. The van der Waals surface area contributed by atoms with Crippen molar-refractivity contribution in [1.82, 2.24) is 0 Å². The third-order valence-corrected chi connectivity index (χ3v) is 2.72. The maximum atomic E-state index is 13.7. The molecule has 0 atom stereocenters. The van der Waals surface area contributed by atoms with Crippen LogP contribution >= 0.6 is 0 Å². The zero-order valence-corrected chi connectivity index (χ0v) is 10.5. The second kappa shape index (κ2) is 5.48. The van der Waals surface area contributed by atoms with E-state index in [2.05, 4.69) is 0 Å². The minimum absolute atomic E-state index is 0.0379. The molecule has 102 valence electrons. The molecule has 2 rings (SSSR count). The molecule has 0 spiro atoms. The van der Waals surface area contributed by atoms with E-state index in [1.807, 2.05) is 0 Å². The number of halogens is 1. The third kappa shape index (κ3) is 2.64. The molecule has 0 aliphatic rings. The van der Waals surface area contributed by atoms with Crippen molar-refractivity contribution in [2.24, 2.45) is 0 Å². The van der Waals surface area contributed by atoms with Crippen LogP contribution in [0.1, 0.15) is 15.9 Å². The monoisotopic (exact) mass is 275 g/mol. The average Bonchev–Trinajstić information content (AvgIpc) is 2.42. The Morgan fingerprint density at radius 3 is 2.70 bits per heavy atom. The van der Waals surface area contributed by atoms with Gasteiger partial charge in [-0.25, -0.2) is 4.39 Å². The highest BCUT2D eigenvalue weighted by atomic mass is 19.1. The lowest BCUT2D eigenvalue weighted by molar-refractivity contribution is -0.384. The summed E-state index contributed by atoms with van der Waals surface area (Å²) < 4.78 is 19.0. The van der Waals surface area contributed by atoms with Gasteiger partial charge in [-0.05, 0) is 30.7 Å². The number of nitro benzene ring substituents is 1. The molecule has 20 heavy (non-hydrogen) atoms. The number of aryl methyl sites for hydroxylation is 1. The standard InChI is InChI=1S/C14H10FNO4/c1-9-5-6-11(16(18)19)7-13(9)20-14-10(8-17)3-2-4-12(14)15/h2-8H,1H3. The molecule has 5 nitrogen and oxygen atoms in total. The summed E-state index contributed by atoms with van der Waals surface area (Å²) in [5, 5.41) is 10.7. The van der Waals surface area contributed by atoms with Crippen molar-refractivity contribution in [3.05, 3.63) is 63.5 Å². The number of para-hydroxylation sites is 1. The van der Waals surface area contributed by atoms with Crippen molar-refractivity contribution in [2.45, 2.75) is 6.92 Å². The van der Waals surface area contributed by atoms with E-state index in [9.17, 15) is 19.3 Å². The molecule has 0 radical (unpaired) electrons. The van der Waals surface area contributed by atoms with Gasteiger partial charge in [0.1, 0.15) is 5.75 Å². The van der Waals surface area contributed by atoms with Crippen LogP contribution in [0.2, 0.25) is 0 Å². The van der Waals surface area contributed by atoms with Crippen LogP contribution in [0.5, 0.6) is 11.5 Å². The Kier molecular flexibility index (Phi) is 3.74. The lowest BCUT2D eigenvalue weighted by atomic mass is 10.2. The summed E-state index contributed by atoms with van der Waals surface area (Å²) in [5.74, 6) is -0.820. The Morgan fingerprint density at radius 1 is 1.30 bits per heavy atom. The van der Waals surface area contributed by atoms with Crippen molar-refractivity contribution in [3.63, 3.8) is 0 Å². The van der Waals surface area contributed by atoms with E-state index in [4.69, 9.17) is 4.74 Å². The van der Waals surface area contributed by atoms with Crippen LogP contribution in [0.3, 0.4) is 0 Å². The summed E-state index contributed by atoms with van der Waals surface area (Å²) in [4.78, 5) is 21.0. The number of hydrogen-bond donors (Lipinski definition) is 0. The molecular weight excluding hydrogens is 265 g/mol. The number of carbonyl (C=O) groups is 1. The number of benzene rings is 2. The smallest absolute Gasteiger partial charge is 0.273 e. The second-order valence-electron chi connectivity index (χ2n) is 4.09. The van der Waals surface area contributed by atoms with Crippen LogP contribution in [0.15, 0.2) is 36.4 Å². The van der Waals surface area contributed by atoms with Gasteiger partial charge in [0.05, 0.1) is 16.6 Å². The first kappa shape index (κ1) is 13.7. The summed E-state index contributed by atoms with van der Waals surface area (Å²) in [5.41, 5.74) is 0.459. The molecule has 0 fully saturated rings. The fraction of sp³-hybridized carbons (Fsp3) is 0.0714. The topological polar surface area (TPSA) is 69.4 Å².